The molecule has 0 unspecified atom stereocenters. The molecule has 1 amide bonds. The van der Waals surface area contributed by atoms with Crippen molar-refractivity contribution >= 4 is 56.4 Å². The normalized spacial score (nSPS) is 12.6. The van der Waals surface area contributed by atoms with Crippen LogP contribution in [0.1, 0.15) is 16.7 Å². The molecule has 0 atom stereocenters. The van der Waals surface area contributed by atoms with Crippen LogP contribution >= 0.6 is 34.8 Å². The van der Waals surface area contributed by atoms with Gasteiger partial charge in [-0.05, 0) is 60.2 Å². The molecule has 3 aromatic carbocycles. The number of rotatable bonds is 7. The van der Waals surface area contributed by atoms with E-state index in [-0.39, 0.29) is 31.6 Å². The van der Waals surface area contributed by atoms with Crippen LogP contribution < -0.4 is 5.32 Å². The monoisotopic (exact) mass is 618 g/mol. The molecule has 0 spiro atoms. The third-order valence-electron chi connectivity index (χ3n) is 5.00. The second-order valence-corrected chi connectivity index (χ2v) is 11.0. The van der Waals surface area contributed by atoms with E-state index >= 15 is 0 Å². The molecule has 15 heteroatoms. The fourth-order valence-corrected chi connectivity index (χ4v) is 5.18. The molecule has 5 nitrogen and oxygen atoms in total. The standard InChI is InChI=1S/C23H15Cl3F6N2O3S/c24-16-3-5-19(6-4-16)38(36,37)34(11-13-1-2-17(25)10-20(13)26)12-21(35)33-18-8-14(22(27,28)29)7-15(9-18)23(30,31)32/h1-10H,11-12H2,(H,33,35). The largest absolute Gasteiger partial charge is 0.416 e. The van der Waals surface area contributed by atoms with Crippen LogP contribution in [0.4, 0.5) is 32.0 Å². The van der Waals surface area contributed by atoms with Crippen molar-refractivity contribution in [1.82, 2.24) is 4.31 Å². The molecule has 0 bridgehead atoms. The zero-order valence-corrected chi connectivity index (χ0v) is 21.8. The number of halogens is 9. The fraction of sp³-hybridized carbons (Fsp3) is 0.174. The maximum atomic E-state index is 13.3. The fourth-order valence-electron chi connectivity index (χ4n) is 3.21. The van der Waals surface area contributed by atoms with Gasteiger partial charge in [-0.1, -0.05) is 40.9 Å². The average Bonchev–Trinajstić information content (AvgIpc) is 2.79. The molecule has 0 aliphatic carbocycles. The van der Waals surface area contributed by atoms with Crippen molar-refractivity contribution in [3.05, 3.63) is 92.4 Å². The van der Waals surface area contributed by atoms with Crippen molar-refractivity contribution in [3.8, 4) is 0 Å². The Bertz CT molecular complexity index is 1410. The molecule has 0 aliphatic heterocycles. The number of anilines is 1. The van der Waals surface area contributed by atoms with E-state index in [1.54, 1.807) is 0 Å². The minimum Gasteiger partial charge on any atom is -0.325 e. The second kappa shape index (κ2) is 11.3. The lowest BCUT2D eigenvalue weighted by molar-refractivity contribution is -0.143. The summed E-state index contributed by atoms with van der Waals surface area (Å²) in [5, 5.41) is 2.44. The average molecular weight is 620 g/mol. The highest BCUT2D eigenvalue weighted by Gasteiger charge is 2.37. The topological polar surface area (TPSA) is 66.5 Å². The predicted octanol–water partition coefficient (Wildman–Crippen LogP) is 7.51. The Morgan fingerprint density at radius 1 is 0.789 bits per heavy atom. The van der Waals surface area contributed by atoms with Crippen LogP contribution in [-0.2, 0) is 33.7 Å². The van der Waals surface area contributed by atoms with Gasteiger partial charge < -0.3 is 5.32 Å². The van der Waals surface area contributed by atoms with E-state index in [1.165, 1.54) is 30.3 Å². The molecule has 3 aromatic rings. The van der Waals surface area contributed by atoms with Crippen LogP contribution in [0.25, 0.3) is 0 Å². The lowest BCUT2D eigenvalue weighted by Crippen LogP contribution is -2.37. The first kappa shape index (κ1) is 30.0. The maximum Gasteiger partial charge on any atom is 0.416 e. The SMILES string of the molecule is O=C(CN(Cc1ccc(Cl)cc1Cl)S(=O)(=O)c1ccc(Cl)cc1)Nc1cc(C(F)(F)F)cc(C(F)(F)F)c1. The van der Waals surface area contributed by atoms with Gasteiger partial charge in [0.05, 0.1) is 22.6 Å². The van der Waals surface area contributed by atoms with Crippen molar-refractivity contribution in [3.63, 3.8) is 0 Å². The quantitative estimate of drug-likeness (QED) is 0.278. The summed E-state index contributed by atoms with van der Waals surface area (Å²) in [7, 11) is -4.43. The van der Waals surface area contributed by atoms with Crippen LogP contribution in [0.2, 0.25) is 15.1 Å². The summed E-state index contributed by atoms with van der Waals surface area (Å²) >= 11 is 17.8. The number of amides is 1. The van der Waals surface area contributed by atoms with Crippen molar-refractivity contribution in [1.29, 1.82) is 0 Å². The van der Waals surface area contributed by atoms with E-state index in [4.69, 9.17) is 34.8 Å². The highest BCUT2D eigenvalue weighted by Crippen LogP contribution is 2.37. The highest BCUT2D eigenvalue weighted by molar-refractivity contribution is 7.89. The van der Waals surface area contributed by atoms with Crippen molar-refractivity contribution in [2.45, 2.75) is 23.8 Å². The Morgan fingerprint density at radius 3 is 1.82 bits per heavy atom. The van der Waals surface area contributed by atoms with Gasteiger partial charge in [0.2, 0.25) is 15.9 Å². The number of nitrogens with zero attached hydrogens (tertiary/aromatic N) is 1. The van der Waals surface area contributed by atoms with E-state index in [1.807, 2.05) is 5.32 Å². The van der Waals surface area contributed by atoms with E-state index in [0.29, 0.717) is 16.4 Å². The summed E-state index contributed by atoms with van der Waals surface area (Å²) in [5.41, 5.74) is -3.91. The Kier molecular flexibility index (Phi) is 8.94. The van der Waals surface area contributed by atoms with E-state index in [9.17, 15) is 39.6 Å². The van der Waals surface area contributed by atoms with Gasteiger partial charge >= 0.3 is 12.4 Å². The highest BCUT2D eigenvalue weighted by atomic mass is 35.5. The third-order valence-corrected chi connectivity index (χ3v) is 7.65. The molecule has 0 heterocycles. The summed E-state index contributed by atoms with van der Waals surface area (Å²) < 4.78 is 106. The smallest absolute Gasteiger partial charge is 0.325 e. The van der Waals surface area contributed by atoms with E-state index in [0.717, 1.165) is 12.1 Å². The van der Waals surface area contributed by atoms with Crippen LogP contribution in [0, 0.1) is 0 Å². The molecule has 0 radical (unpaired) electrons. The zero-order valence-electron chi connectivity index (χ0n) is 18.7. The van der Waals surface area contributed by atoms with Gasteiger partial charge in [0.15, 0.2) is 0 Å². The minimum absolute atomic E-state index is 0.0573. The Hall–Kier alpha value is -2.51. The predicted molar refractivity (Wildman–Crippen MR) is 131 cm³/mol. The number of sulfonamides is 1. The molecular weight excluding hydrogens is 605 g/mol. The first-order chi connectivity index (χ1) is 17.5. The van der Waals surface area contributed by atoms with Gasteiger partial charge in [-0.15, -0.1) is 0 Å². The summed E-state index contributed by atoms with van der Waals surface area (Å²) in [4.78, 5) is 12.5. The number of hydrogen-bond acceptors (Lipinski definition) is 3. The number of nitrogens with one attached hydrogen (secondary N) is 1. The Balaban J connectivity index is 1.97. The van der Waals surface area contributed by atoms with Crippen LogP contribution in [0.3, 0.4) is 0 Å². The van der Waals surface area contributed by atoms with E-state index < -0.39 is 58.2 Å². The number of hydrogen-bond donors (Lipinski definition) is 1. The summed E-state index contributed by atoms with van der Waals surface area (Å²) in [6, 6.07) is 9.53. The van der Waals surface area contributed by atoms with Gasteiger partial charge in [0, 0.05) is 27.3 Å². The van der Waals surface area contributed by atoms with Crippen LogP contribution in [0.5, 0.6) is 0 Å². The first-order valence-corrected chi connectivity index (χ1v) is 12.8. The van der Waals surface area contributed by atoms with E-state index in [2.05, 4.69) is 0 Å². The molecule has 1 N–H and O–H groups in total. The molecule has 38 heavy (non-hydrogen) atoms. The van der Waals surface area contributed by atoms with Crippen molar-refractivity contribution in [2.24, 2.45) is 0 Å². The van der Waals surface area contributed by atoms with Gasteiger partial charge in [-0.2, -0.15) is 30.6 Å². The summed E-state index contributed by atoms with van der Waals surface area (Å²) in [6.45, 7) is -1.47. The minimum atomic E-state index is -5.14. The van der Waals surface area contributed by atoms with Crippen LogP contribution in [0.15, 0.2) is 65.6 Å². The molecule has 3 rings (SSSR count). The Labute approximate surface area is 228 Å². The molecule has 0 fully saturated rings. The molecule has 0 saturated carbocycles. The second-order valence-electron chi connectivity index (χ2n) is 7.81. The van der Waals surface area contributed by atoms with Crippen LogP contribution in [-0.4, -0.2) is 25.2 Å². The number of benzene rings is 3. The first-order valence-electron chi connectivity index (χ1n) is 10.3. The van der Waals surface area contributed by atoms with Crippen molar-refractivity contribution < 1.29 is 39.6 Å². The van der Waals surface area contributed by atoms with Gasteiger partial charge in [0.25, 0.3) is 0 Å². The maximum absolute atomic E-state index is 13.3. The molecule has 0 saturated heterocycles. The van der Waals surface area contributed by atoms with Gasteiger partial charge in [-0.3, -0.25) is 4.79 Å². The number of carbonyl (C=O) groups is 1. The molecule has 0 aromatic heterocycles. The molecule has 204 valence electrons. The molecule has 0 aliphatic rings. The van der Waals surface area contributed by atoms with Gasteiger partial charge in [-0.25, -0.2) is 8.42 Å². The van der Waals surface area contributed by atoms with Gasteiger partial charge in [0.1, 0.15) is 0 Å². The molecular formula is C23H15Cl3F6N2O3S. The Morgan fingerprint density at radius 2 is 1.32 bits per heavy atom. The van der Waals surface area contributed by atoms with Crippen molar-refractivity contribution in [2.75, 3.05) is 11.9 Å². The summed E-state index contributed by atoms with van der Waals surface area (Å²) in [6.07, 6.45) is -10.3. The summed E-state index contributed by atoms with van der Waals surface area (Å²) in [5.74, 6) is -1.21. The zero-order chi connectivity index (χ0) is 28.5. The third kappa shape index (κ3) is 7.54. The lowest BCUT2D eigenvalue weighted by atomic mass is 10.1. The number of carbonyl (C=O) groups excluding carboxylic acids is 1. The lowest BCUT2D eigenvalue weighted by Gasteiger charge is -2.23. The number of alkyl halides is 6.